The van der Waals surface area contributed by atoms with Crippen molar-refractivity contribution in [1.29, 1.82) is 0 Å². The monoisotopic (exact) mass is 478 g/mol. The molecule has 0 radical (unpaired) electrons. The Labute approximate surface area is 206 Å². The summed E-state index contributed by atoms with van der Waals surface area (Å²) >= 11 is 0. The van der Waals surface area contributed by atoms with E-state index in [1.54, 1.807) is 4.90 Å². The molecule has 4 rings (SSSR count). The molecule has 7 heteroatoms. The number of carboxylic acid groups (broad SMARTS) is 1. The molecular formula is C28H34N2O5. The molecule has 7 nitrogen and oxygen atoms in total. The number of nitrogens with zero attached hydrogens (tertiary/aromatic N) is 1. The zero-order valence-electron chi connectivity index (χ0n) is 20.2. The number of carboxylic acids is 1. The maximum atomic E-state index is 12.9. The number of likely N-dealkylation sites (tertiary alicyclic amines) is 1. The molecule has 186 valence electrons. The summed E-state index contributed by atoms with van der Waals surface area (Å²) in [5.74, 6) is -1.51. The summed E-state index contributed by atoms with van der Waals surface area (Å²) in [5.41, 5.74) is 4.64. The molecule has 2 aromatic rings. The van der Waals surface area contributed by atoms with Crippen LogP contribution in [-0.2, 0) is 14.3 Å². The number of hydrogen-bond donors (Lipinski definition) is 2. The Morgan fingerprint density at radius 3 is 2.37 bits per heavy atom. The highest BCUT2D eigenvalue weighted by Crippen LogP contribution is 2.44. The van der Waals surface area contributed by atoms with Crippen molar-refractivity contribution in [2.45, 2.75) is 57.4 Å². The second kappa shape index (κ2) is 11.4. The van der Waals surface area contributed by atoms with E-state index in [-0.39, 0.29) is 37.4 Å². The summed E-state index contributed by atoms with van der Waals surface area (Å²) in [6.07, 6.45) is 3.39. The molecule has 2 aliphatic rings. The molecule has 0 spiro atoms. The first-order chi connectivity index (χ1) is 17.0. The number of carbonyl (C=O) groups excluding carboxylic acids is 2. The van der Waals surface area contributed by atoms with Crippen molar-refractivity contribution < 1.29 is 24.2 Å². The number of nitrogens with one attached hydrogen (secondary N) is 1. The highest BCUT2D eigenvalue weighted by Gasteiger charge is 2.31. The normalized spacial score (nSPS) is 17.9. The Morgan fingerprint density at radius 1 is 1.09 bits per heavy atom. The Morgan fingerprint density at radius 2 is 1.74 bits per heavy atom. The highest BCUT2D eigenvalue weighted by molar-refractivity contribution is 5.80. The van der Waals surface area contributed by atoms with Crippen molar-refractivity contribution >= 4 is 18.0 Å². The van der Waals surface area contributed by atoms with E-state index in [1.165, 1.54) is 11.1 Å². The van der Waals surface area contributed by atoms with E-state index < -0.39 is 18.0 Å². The standard InChI is InChI=1S/C28H34N2O5/c1-2-3-10-20(16-26(31)30-15-8-9-19(17-30)27(32)33)29-28(34)35-18-25-23-13-6-4-11-21(23)22-12-5-7-14-24(22)25/h4-7,11-14,19-20,25H,2-3,8-10,15-18H2,1H3,(H,29,34)(H,32,33)/t19?,20-/m1/s1. The minimum absolute atomic E-state index is 0.0230. The lowest BCUT2D eigenvalue weighted by molar-refractivity contribution is -0.145. The van der Waals surface area contributed by atoms with Crippen LogP contribution < -0.4 is 5.32 Å². The molecule has 2 atom stereocenters. The van der Waals surface area contributed by atoms with Crippen molar-refractivity contribution in [2.24, 2.45) is 5.92 Å². The Hall–Kier alpha value is -3.35. The molecule has 1 unspecified atom stereocenters. The average Bonchev–Trinajstić information content (AvgIpc) is 3.19. The largest absolute Gasteiger partial charge is 0.481 e. The summed E-state index contributed by atoms with van der Waals surface area (Å²) in [7, 11) is 0. The van der Waals surface area contributed by atoms with Gasteiger partial charge in [0.15, 0.2) is 0 Å². The summed E-state index contributed by atoms with van der Waals surface area (Å²) < 4.78 is 5.67. The summed E-state index contributed by atoms with van der Waals surface area (Å²) in [6.45, 7) is 3.09. The maximum Gasteiger partial charge on any atom is 0.407 e. The van der Waals surface area contributed by atoms with Crippen LogP contribution in [0.25, 0.3) is 11.1 Å². The van der Waals surface area contributed by atoms with Gasteiger partial charge in [0.2, 0.25) is 5.91 Å². The Bertz CT molecular complexity index is 1020. The number of carbonyl (C=O) groups is 3. The number of rotatable bonds is 9. The van der Waals surface area contributed by atoms with Crippen LogP contribution in [0.2, 0.25) is 0 Å². The Kier molecular flexibility index (Phi) is 8.06. The topological polar surface area (TPSA) is 95.9 Å². The SMILES string of the molecule is CCCC[C@H](CC(=O)N1CCCC(C(=O)O)C1)NC(=O)OCC1c2ccccc2-c2ccccc21. The fraction of sp³-hybridized carbons (Fsp3) is 0.464. The minimum Gasteiger partial charge on any atom is -0.481 e. The summed E-state index contributed by atoms with van der Waals surface area (Å²) in [5, 5.41) is 12.2. The Balaban J connectivity index is 1.36. The van der Waals surface area contributed by atoms with Crippen LogP contribution in [0.3, 0.4) is 0 Å². The number of aliphatic carboxylic acids is 1. The van der Waals surface area contributed by atoms with Gasteiger partial charge >= 0.3 is 12.1 Å². The molecule has 2 aromatic carbocycles. The zero-order valence-corrected chi connectivity index (χ0v) is 20.2. The molecule has 1 aliphatic heterocycles. The van der Waals surface area contributed by atoms with Crippen molar-refractivity contribution in [1.82, 2.24) is 10.2 Å². The van der Waals surface area contributed by atoms with Crippen molar-refractivity contribution in [2.75, 3.05) is 19.7 Å². The van der Waals surface area contributed by atoms with Crippen LogP contribution >= 0.6 is 0 Å². The van der Waals surface area contributed by atoms with Gasteiger partial charge in [0.05, 0.1) is 5.92 Å². The van der Waals surface area contributed by atoms with Crippen LogP contribution in [-0.4, -0.2) is 53.7 Å². The third-order valence-electron chi connectivity index (χ3n) is 7.12. The van der Waals surface area contributed by atoms with Crippen molar-refractivity contribution in [3.05, 3.63) is 59.7 Å². The van der Waals surface area contributed by atoms with Gasteiger partial charge in [-0.25, -0.2) is 4.79 Å². The van der Waals surface area contributed by atoms with Gasteiger partial charge in [-0.05, 0) is 41.5 Å². The van der Waals surface area contributed by atoms with E-state index in [9.17, 15) is 19.5 Å². The molecule has 2 amide bonds. The lowest BCUT2D eigenvalue weighted by Crippen LogP contribution is -2.45. The number of hydrogen-bond acceptors (Lipinski definition) is 4. The van der Waals surface area contributed by atoms with E-state index in [4.69, 9.17) is 4.74 Å². The van der Waals surface area contributed by atoms with Gasteiger partial charge in [-0.15, -0.1) is 0 Å². The fourth-order valence-corrected chi connectivity index (χ4v) is 5.23. The first kappa shape index (κ1) is 24.8. The van der Waals surface area contributed by atoms with E-state index in [0.717, 1.165) is 24.0 Å². The zero-order chi connectivity index (χ0) is 24.8. The second-order valence-electron chi connectivity index (χ2n) is 9.53. The van der Waals surface area contributed by atoms with Crippen molar-refractivity contribution in [3.63, 3.8) is 0 Å². The number of alkyl carbamates (subject to hydrolysis) is 1. The minimum atomic E-state index is -0.859. The van der Waals surface area contributed by atoms with Crippen molar-refractivity contribution in [3.8, 4) is 11.1 Å². The first-order valence-corrected chi connectivity index (χ1v) is 12.6. The fourth-order valence-electron chi connectivity index (χ4n) is 5.23. The number of amides is 2. The van der Waals surface area contributed by atoms with Crippen LogP contribution in [0.5, 0.6) is 0 Å². The van der Waals surface area contributed by atoms with Gasteiger partial charge in [-0.2, -0.15) is 0 Å². The molecule has 0 saturated carbocycles. The van der Waals surface area contributed by atoms with Crippen LogP contribution in [0, 0.1) is 5.92 Å². The quantitative estimate of drug-likeness (QED) is 0.540. The summed E-state index contributed by atoms with van der Waals surface area (Å²) in [6, 6.07) is 16.0. The predicted octanol–water partition coefficient (Wildman–Crippen LogP) is 4.80. The van der Waals surface area contributed by atoms with E-state index in [0.29, 0.717) is 25.8 Å². The first-order valence-electron chi connectivity index (χ1n) is 12.6. The lowest BCUT2D eigenvalue weighted by Gasteiger charge is -2.32. The number of piperidine rings is 1. The van der Waals surface area contributed by atoms with Crippen LogP contribution in [0.1, 0.15) is 62.5 Å². The smallest absolute Gasteiger partial charge is 0.407 e. The van der Waals surface area contributed by atoms with Gasteiger partial charge in [0, 0.05) is 31.5 Å². The summed E-state index contributed by atoms with van der Waals surface area (Å²) in [4.78, 5) is 38.6. The van der Waals surface area contributed by atoms with Gasteiger partial charge < -0.3 is 20.1 Å². The van der Waals surface area contributed by atoms with E-state index in [2.05, 4.69) is 36.5 Å². The van der Waals surface area contributed by atoms with Crippen LogP contribution in [0.4, 0.5) is 4.79 Å². The highest BCUT2D eigenvalue weighted by atomic mass is 16.5. The molecule has 0 aromatic heterocycles. The van der Waals surface area contributed by atoms with Gasteiger partial charge in [0.25, 0.3) is 0 Å². The molecule has 1 saturated heterocycles. The number of benzene rings is 2. The maximum absolute atomic E-state index is 12.9. The third kappa shape index (κ3) is 5.84. The number of fused-ring (bicyclic) bond motifs is 3. The van der Waals surface area contributed by atoms with Gasteiger partial charge in [0.1, 0.15) is 6.61 Å². The molecule has 1 heterocycles. The molecule has 35 heavy (non-hydrogen) atoms. The number of ether oxygens (including phenoxy) is 1. The molecular weight excluding hydrogens is 444 g/mol. The van der Waals surface area contributed by atoms with E-state index >= 15 is 0 Å². The molecule has 0 bridgehead atoms. The van der Waals surface area contributed by atoms with Gasteiger partial charge in [-0.1, -0.05) is 68.3 Å². The lowest BCUT2D eigenvalue weighted by atomic mass is 9.97. The predicted molar refractivity (Wildman–Crippen MR) is 133 cm³/mol. The van der Waals surface area contributed by atoms with E-state index in [1.807, 2.05) is 24.3 Å². The second-order valence-corrected chi connectivity index (χ2v) is 9.53. The van der Waals surface area contributed by atoms with Gasteiger partial charge in [-0.3, -0.25) is 9.59 Å². The third-order valence-corrected chi connectivity index (χ3v) is 7.12. The average molecular weight is 479 g/mol. The molecule has 1 fully saturated rings. The number of unbranched alkanes of at least 4 members (excludes halogenated alkanes) is 1. The molecule has 1 aliphatic carbocycles. The molecule has 2 N–H and O–H groups in total. The van der Waals surface area contributed by atoms with Crippen LogP contribution in [0.15, 0.2) is 48.5 Å².